The first-order valence-electron chi connectivity index (χ1n) is 24.0. The van der Waals surface area contributed by atoms with Crippen LogP contribution in [0.1, 0.15) is 25.0 Å². The minimum Gasteiger partial charge on any atom is -0.309 e. The summed E-state index contributed by atoms with van der Waals surface area (Å²) in [5.41, 5.74) is 21.6. The summed E-state index contributed by atoms with van der Waals surface area (Å²) in [6, 6.07) is 93.7. The van der Waals surface area contributed by atoms with Crippen molar-refractivity contribution in [1.82, 2.24) is 4.57 Å². The van der Waals surface area contributed by atoms with E-state index in [9.17, 15) is 0 Å². The molecule has 0 atom stereocenters. The van der Waals surface area contributed by atoms with Gasteiger partial charge in [-0.25, -0.2) is 0 Å². The number of hydrogen-bond acceptors (Lipinski definition) is 1. The van der Waals surface area contributed by atoms with E-state index in [4.69, 9.17) is 0 Å². The molecule has 0 bridgehead atoms. The van der Waals surface area contributed by atoms with Crippen molar-refractivity contribution in [3.05, 3.63) is 266 Å². The van der Waals surface area contributed by atoms with Crippen LogP contribution in [0, 0.1) is 0 Å². The van der Waals surface area contributed by atoms with Gasteiger partial charge in [-0.3, -0.25) is 0 Å². The third-order valence-corrected chi connectivity index (χ3v) is 14.6. The highest BCUT2D eigenvalue weighted by atomic mass is 15.1. The number of para-hydroxylation sites is 4. The van der Waals surface area contributed by atoms with Crippen molar-refractivity contribution in [2.45, 2.75) is 19.3 Å². The molecule has 326 valence electrons. The molecule has 0 radical (unpaired) electrons. The Labute approximate surface area is 403 Å². The molecule has 0 spiro atoms. The summed E-state index contributed by atoms with van der Waals surface area (Å²) in [6.07, 6.45) is 0. The van der Waals surface area contributed by atoms with Gasteiger partial charge < -0.3 is 9.47 Å². The lowest BCUT2D eigenvalue weighted by Crippen LogP contribution is -2.16. The molecule has 69 heavy (non-hydrogen) atoms. The molecule has 0 amide bonds. The molecule has 0 aliphatic heterocycles. The van der Waals surface area contributed by atoms with Crippen molar-refractivity contribution >= 4 is 49.6 Å². The quantitative estimate of drug-likeness (QED) is 0.148. The van der Waals surface area contributed by atoms with E-state index in [1.807, 2.05) is 0 Å². The summed E-state index contributed by atoms with van der Waals surface area (Å²) in [7, 11) is 0. The van der Waals surface area contributed by atoms with Crippen molar-refractivity contribution in [2.24, 2.45) is 0 Å². The van der Waals surface area contributed by atoms with E-state index in [-0.39, 0.29) is 5.41 Å². The number of nitrogens with zero attached hydrogens (tertiary/aromatic N) is 2. The molecule has 1 aromatic heterocycles. The number of anilines is 3. The average molecular weight is 881 g/mol. The summed E-state index contributed by atoms with van der Waals surface area (Å²) in [4.78, 5) is 2.52. The molecule has 1 aliphatic rings. The van der Waals surface area contributed by atoms with Crippen LogP contribution in [-0.2, 0) is 5.41 Å². The van der Waals surface area contributed by atoms with Gasteiger partial charge >= 0.3 is 0 Å². The van der Waals surface area contributed by atoms with Crippen LogP contribution in [0.3, 0.4) is 0 Å². The van der Waals surface area contributed by atoms with Gasteiger partial charge in [0.15, 0.2) is 0 Å². The monoisotopic (exact) mass is 880 g/mol. The average Bonchev–Trinajstić information content (AvgIpc) is 3.88. The highest BCUT2D eigenvalue weighted by Crippen LogP contribution is 2.54. The van der Waals surface area contributed by atoms with Crippen LogP contribution < -0.4 is 4.90 Å². The Hall–Kier alpha value is -8.72. The third kappa shape index (κ3) is 6.48. The fraction of sp³-hybridized carbons (Fsp3) is 0.0448. The zero-order chi connectivity index (χ0) is 46.1. The SMILES string of the molecule is CC1(C)c2ccccc2-c2cccc(-c3cccc(N(c4ccccc4-c4cccc5cccc(-c6ccccc6)c45)c4ccccc4-c4cccc5c4c4ccccc4n5-c4ccccc4)c3)c21. The fourth-order valence-electron chi connectivity index (χ4n) is 11.6. The van der Waals surface area contributed by atoms with Gasteiger partial charge in [0.05, 0.1) is 22.4 Å². The predicted molar refractivity (Wildman–Crippen MR) is 292 cm³/mol. The highest BCUT2D eigenvalue weighted by Gasteiger charge is 2.37. The summed E-state index contributed by atoms with van der Waals surface area (Å²) in [5, 5.41) is 4.90. The topological polar surface area (TPSA) is 8.17 Å². The second-order valence-electron chi connectivity index (χ2n) is 18.8. The Bertz CT molecular complexity index is 3930. The molecule has 0 saturated heterocycles. The Balaban J connectivity index is 1.08. The van der Waals surface area contributed by atoms with Crippen LogP contribution in [0.5, 0.6) is 0 Å². The van der Waals surface area contributed by atoms with E-state index in [1.165, 1.54) is 88.2 Å². The second-order valence-corrected chi connectivity index (χ2v) is 18.8. The lowest BCUT2D eigenvalue weighted by Gasteiger charge is -2.31. The number of fused-ring (bicyclic) bond motifs is 7. The summed E-state index contributed by atoms with van der Waals surface area (Å²) < 4.78 is 2.41. The molecule has 1 heterocycles. The van der Waals surface area contributed by atoms with E-state index in [0.717, 1.165) is 33.9 Å². The van der Waals surface area contributed by atoms with Crippen molar-refractivity contribution in [1.29, 1.82) is 0 Å². The highest BCUT2D eigenvalue weighted by molar-refractivity contribution is 6.17. The predicted octanol–water partition coefficient (Wildman–Crippen LogP) is 18.4. The number of benzene rings is 11. The molecule has 0 fully saturated rings. The van der Waals surface area contributed by atoms with Crippen LogP contribution in [0.25, 0.3) is 93.9 Å². The maximum absolute atomic E-state index is 2.52. The smallest absolute Gasteiger partial charge is 0.0547 e. The van der Waals surface area contributed by atoms with Gasteiger partial charge in [0.2, 0.25) is 0 Å². The van der Waals surface area contributed by atoms with Crippen molar-refractivity contribution in [2.75, 3.05) is 4.90 Å². The van der Waals surface area contributed by atoms with Crippen molar-refractivity contribution in [3.63, 3.8) is 0 Å². The van der Waals surface area contributed by atoms with Gasteiger partial charge in [0.25, 0.3) is 0 Å². The Morgan fingerprint density at radius 1 is 0.348 bits per heavy atom. The van der Waals surface area contributed by atoms with E-state index < -0.39 is 0 Å². The first kappa shape index (κ1) is 40.5. The molecular formula is C67H48N2. The third-order valence-electron chi connectivity index (χ3n) is 14.6. The molecule has 2 heteroatoms. The second kappa shape index (κ2) is 16.3. The summed E-state index contributed by atoms with van der Waals surface area (Å²) in [6.45, 7) is 4.76. The minimum absolute atomic E-state index is 0.167. The fourth-order valence-corrected chi connectivity index (χ4v) is 11.6. The maximum Gasteiger partial charge on any atom is 0.0547 e. The Kier molecular flexibility index (Phi) is 9.55. The zero-order valence-electron chi connectivity index (χ0n) is 38.6. The van der Waals surface area contributed by atoms with Crippen LogP contribution in [0.15, 0.2) is 255 Å². The minimum atomic E-state index is -0.167. The Morgan fingerprint density at radius 3 is 1.61 bits per heavy atom. The van der Waals surface area contributed by atoms with Crippen molar-refractivity contribution < 1.29 is 0 Å². The number of rotatable bonds is 8. The molecule has 12 aromatic rings. The van der Waals surface area contributed by atoms with E-state index >= 15 is 0 Å². The summed E-state index contributed by atoms with van der Waals surface area (Å²) >= 11 is 0. The molecule has 0 unspecified atom stereocenters. The van der Waals surface area contributed by atoms with Gasteiger partial charge in [-0.05, 0) is 115 Å². The van der Waals surface area contributed by atoms with Gasteiger partial charge in [0.1, 0.15) is 0 Å². The zero-order valence-corrected chi connectivity index (χ0v) is 38.6. The first-order valence-corrected chi connectivity index (χ1v) is 24.0. The molecule has 11 aromatic carbocycles. The van der Waals surface area contributed by atoms with Gasteiger partial charge in [-0.2, -0.15) is 0 Å². The molecule has 1 aliphatic carbocycles. The van der Waals surface area contributed by atoms with Crippen molar-refractivity contribution in [3.8, 4) is 61.3 Å². The lowest BCUT2D eigenvalue weighted by molar-refractivity contribution is 0.662. The normalized spacial score (nSPS) is 12.6. The molecule has 0 N–H and O–H groups in total. The maximum atomic E-state index is 2.52. The van der Waals surface area contributed by atoms with E-state index in [2.05, 4.69) is 278 Å². The van der Waals surface area contributed by atoms with E-state index in [1.54, 1.807) is 0 Å². The molecule has 2 nitrogen and oxygen atoms in total. The van der Waals surface area contributed by atoms with Gasteiger partial charge in [-0.1, -0.05) is 220 Å². The summed E-state index contributed by atoms with van der Waals surface area (Å²) in [5.74, 6) is 0. The van der Waals surface area contributed by atoms with Gasteiger partial charge in [0, 0.05) is 38.7 Å². The molecule has 13 rings (SSSR count). The van der Waals surface area contributed by atoms with Crippen LogP contribution in [-0.4, -0.2) is 4.57 Å². The molecule has 0 saturated carbocycles. The van der Waals surface area contributed by atoms with Gasteiger partial charge in [-0.15, -0.1) is 0 Å². The first-order chi connectivity index (χ1) is 34.0. The lowest BCUT2D eigenvalue weighted by atomic mass is 9.79. The largest absolute Gasteiger partial charge is 0.309 e. The van der Waals surface area contributed by atoms with Crippen LogP contribution in [0.4, 0.5) is 17.1 Å². The molecular weight excluding hydrogens is 833 g/mol. The van der Waals surface area contributed by atoms with Crippen LogP contribution in [0.2, 0.25) is 0 Å². The van der Waals surface area contributed by atoms with Crippen LogP contribution >= 0.6 is 0 Å². The Morgan fingerprint density at radius 2 is 0.855 bits per heavy atom. The van der Waals surface area contributed by atoms with E-state index in [0.29, 0.717) is 0 Å². The number of hydrogen-bond donors (Lipinski definition) is 0. The standard InChI is InChI=1S/C67H48N2/c1-67(2)59-39-13-9-30-52(59)57-38-20-35-51(66(57)67)47-26-17-29-49(44-47)69(60-40-14-10-31-53(60)55-36-19-25-46-24-18-34-50(64(46)55)45-22-5-3-6-23-45)61-41-15-11-32-54(61)56-37-21-43-63-65(56)58-33-12-16-42-62(58)68(63)48-27-7-4-8-28-48/h3-44H,1-2H3. The number of aromatic nitrogens is 1.